The smallest absolute Gasteiger partial charge is 0.352 e. The molecule has 0 spiro atoms. The molecule has 2 atom stereocenters. The molecule has 0 radical (unpaired) electrons. The van der Waals surface area contributed by atoms with Crippen LogP contribution >= 0.6 is 15.2 Å². The molecule has 0 aliphatic heterocycles. The first-order valence-electron chi connectivity index (χ1n) is 23.6. The van der Waals surface area contributed by atoms with Crippen molar-refractivity contribution in [1.29, 1.82) is 0 Å². The third kappa shape index (κ3) is 16.1. The van der Waals surface area contributed by atoms with Crippen molar-refractivity contribution in [3.8, 4) is 23.0 Å². The lowest BCUT2D eigenvalue weighted by molar-refractivity contribution is 0.132. The molecule has 2 unspecified atom stereocenters. The topological polar surface area (TPSA) is 154 Å². The van der Waals surface area contributed by atoms with Crippen molar-refractivity contribution in [3.63, 3.8) is 0 Å². The maximum Gasteiger partial charge on any atom is 0.352 e. The second-order valence-corrected chi connectivity index (χ2v) is 26.5. The van der Waals surface area contributed by atoms with Crippen molar-refractivity contribution >= 4 is 15.2 Å². The number of aromatic hydroxyl groups is 2. The first-order valence-corrected chi connectivity index (χ1v) is 26.8. The van der Waals surface area contributed by atoms with E-state index in [1.165, 1.54) is 0 Å². The summed E-state index contributed by atoms with van der Waals surface area (Å²) < 4.78 is 66.9. The van der Waals surface area contributed by atoms with Crippen LogP contribution in [0.2, 0.25) is 0 Å². The van der Waals surface area contributed by atoms with Gasteiger partial charge in [0.05, 0.1) is 24.4 Å². The fourth-order valence-electron chi connectivity index (χ4n) is 7.59. The molecule has 3 aromatic carbocycles. The van der Waals surface area contributed by atoms with Gasteiger partial charge in [-0.2, -0.15) is 0 Å². The second kappa shape index (κ2) is 22.7. The number of nitrogens with one attached hydrogen (secondary N) is 2. The molecule has 3 rings (SSSR count). The molecule has 374 valence electrons. The summed E-state index contributed by atoms with van der Waals surface area (Å²) in [5.41, 5.74) is 2.69. The predicted octanol–water partition coefficient (Wildman–Crippen LogP) is 13.7. The normalized spacial score (nSPS) is 14.4. The quantitative estimate of drug-likeness (QED) is 0.0560. The number of phenolic OH excluding ortho intramolecular Hbond substituents is 2. The Labute approximate surface area is 398 Å². The summed E-state index contributed by atoms with van der Waals surface area (Å²) in [6.45, 7) is 40.2. The molecular formula is C52H86N2O10P2. The maximum atomic E-state index is 14.9. The molecular weight excluding hydrogens is 875 g/mol. The fourth-order valence-corrected chi connectivity index (χ4v) is 12.3. The SMILES string of the molecule is CC(C)OP(=O)(OC(C)C)C(NCCOc1cccc(OCCNC(c2cc(C(C)(C)C)c(O)c(C(C)(C)C)c2)P(=O)(OC(C)C)OC(C)C)c1)c1cc(C(C)(C)C)c(O)c(C(C)(C)C)c1. The van der Waals surface area contributed by atoms with Gasteiger partial charge in [-0.15, -0.1) is 0 Å². The Morgan fingerprint density at radius 3 is 0.955 bits per heavy atom. The molecule has 0 saturated heterocycles. The molecule has 0 saturated carbocycles. The third-order valence-corrected chi connectivity index (χ3v) is 15.5. The first-order chi connectivity index (χ1) is 30.1. The van der Waals surface area contributed by atoms with Gasteiger partial charge in [0.1, 0.15) is 47.8 Å². The number of phenols is 2. The van der Waals surface area contributed by atoms with Crippen LogP contribution in [0.25, 0.3) is 0 Å². The molecule has 66 heavy (non-hydrogen) atoms. The van der Waals surface area contributed by atoms with E-state index in [4.69, 9.17) is 27.6 Å². The standard InChI is InChI=1S/C52H86N2O10P2/c1-33(2)61-65(57,62-34(3)4)47(37-28-41(49(9,10)11)45(55)42(29-37)50(12,13)14)53-24-26-59-39-22-21-23-40(32-39)60-27-25-54-48(66(58,63-35(5)6)64-36(7)8)38-30-43(51(15,16)17)46(56)44(31-38)52(18,19)20/h21-23,28-36,47-48,53-56H,24-27H2,1-20H3. The van der Waals surface area contributed by atoms with E-state index in [2.05, 4.69) is 10.6 Å². The van der Waals surface area contributed by atoms with Gasteiger partial charge in [-0.25, -0.2) is 0 Å². The summed E-state index contributed by atoms with van der Waals surface area (Å²) >= 11 is 0. The molecule has 4 N–H and O–H groups in total. The van der Waals surface area contributed by atoms with Gasteiger partial charge in [0.15, 0.2) is 0 Å². The van der Waals surface area contributed by atoms with Crippen LogP contribution in [-0.2, 0) is 48.9 Å². The summed E-state index contributed by atoms with van der Waals surface area (Å²) in [7, 11) is -7.70. The van der Waals surface area contributed by atoms with Gasteiger partial charge in [-0.1, -0.05) is 89.2 Å². The highest BCUT2D eigenvalue weighted by Gasteiger charge is 2.42. The summed E-state index contributed by atoms with van der Waals surface area (Å²) in [5, 5.41) is 29.9. The highest BCUT2D eigenvalue weighted by atomic mass is 31.2. The highest BCUT2D eigenvalue weighted by Crippen LogP contribution is 2.63. The Morgan fingerprint density at radius 2 is 0.727 bits per heavy atom. The Bertz CT molecular complexity index is 1900. The predicted molar refractivity (Wildman–Crippen MR) is 270 cm³/mol. The van der Waals surface area contributed by atoms with Gasteiger partial charge in [0.25, 0.3) is 0 Å². The zero-order valence-corrected chi connectivity index (χ0v) is 45.8. The van der Waals surface area contributed by atoms with Gasteiger partial charge in [-0.05, 0) is 147 Å². The first kappa shape index (κ1) is 57.4. The van der Waals surface area contributed by atoms with Crippen LogP contribution in [0.4, 0.5) is 0 Å². The Kier molecular flexibility index (Phi) is 19.7. The van der Waals surface area contributed by atoms with Crippen LogP contribution in [0.15, 0.2) is 48.5 Å². The molecule has 0 aliphatic rings. The zero-order valence-electron chi connectivity index (χ0n) is 44.0. The van der Waals surface area contributed by atoms with E-state index >= 15 is 0 Å². The number of rotatable bonds is 22. The van der Waals surface area contributed by atoms with E-state index in [1.807, 2.05) is 181 Å². The lowest BCUT2D eigenvalue weighted by Crippen LogP contribution is -2.30. The van der Waals surface area contributed by atoms with Crippen molar-refractivity contribution < 1.29 is 46.9 Å². The summed E-state index contributed by atoms with van der Waals surface area (Å²) in [6, 6.07) is 15.0. The lowest BCUT2D eigenvalue weighted by atomic mass is 9.78. The number of hydrogen-bond donors (Lipinski definition) is 4. The summed E-state index contributed by atoms with van der Waals surface area (Å²) in [5.74, 6) is -0.142. The largest absolute Gasteiger partial charge is 0.507 e. The molecule has 0 heterocycles. The van der Waals surface area contributed by atoms with Crippen LogP contribution in [0.3, 0.4) is 0 Å². The minimum Gasteiger partial charge on any atom is -0.507 e. The molecule has 0 fully saturated rings. The Morgan fingerprint density at radius 1 is 0.470 bits per heavy atom. The zero-order chi connectivity index (χ0) is 50.4. The van der Waals surface area contributed by atoms with Crippen molar-refractivity contribution in [2.24, 2.45) is 0 Å². The molecule has 0 amide bonds. The molecule has 0 aliphatic carbocycles. The van der Waals surface area contributed by atoms with Crippen molar-refractivity contribution in [3.05, 3.63) is 81.9 Å². The van der Waals surface area contributed by atoms with Gasteiger partial charge in [-0.3, -0.25) is 19.8 Å². The van der Waals surface area contributed by atoms with Crippen LogP contribution in [-0.4, -0.2) is 60.9 Å². The van der Waals surface area contributed by atoms with E-state index in [1.54, 1.807) is 6.07 Å². The van der Waals surface area contributed by atoms with E-state index in [0.29, 0.717) is 22.6 Å². The molecule has 0 aromatic heterocycles. The van der Waals surface area contributed by atoms with Crippen molar-refractivity contribution in [2.75, 3.05) is 26.3 Å². The minimum absolute atomic E-state index is 0.212. The average Bonchev–Trinajstić information content (AvgIpc) is 3.12. The molecule has 12 nitrogen and oxygen atoms in total. The molecule has 0 bridgehead atoms. The number of hydrogen-bond acceptors (Lipinski definition) is 12. The highest BCUT2D eigenvalue weighted by molar-refractivity contribution is 7.54. The molecule has 3 aromatic rings. The Balaban J connectivity index is 1.90. The van der Waals surface area contributed by atoms with Crippen molar-refractivity contribution in [1.82, 2.24) is 10.6 Å². The monoisotopic (exact) mass is 961 g/mol. The number of benzene rings is 3. The van der Waals surface area contributed by atoms with Gasteiger partial charge >= 0.3 is 15.2 Å². The van der Waals surface area contributed by atoms with Crippen LogP contribution < -0.4 is 20.1 Å². The summed E-state index contributed by atoms with van der Waals surface area (Å²) in [4.78, 5) is 0. The third-order valence-electron chi connectivity index (χ3n) is 10.4. The average molecular weight is 961 g/mol. The Hall–Kier alpha value is -2.92. The van der Waals surface area contributed by atoms with Crippen LogP contribution in [0, 0.1) is 0 Å². The van der Waals surface area contributed by atoms with Gasteiger partial charge in [0.2, 0.25) is 0 Å². The summed E-state index contributed by atoms with van der Waals surface area (Å²) in [6.07, 6.45) is -1.55. The minimum atomic E-state index is -3.85. The van der Waals surface area contributed by atoms with Crippen LogP contribution in [0.1, 0.15) is 183 Å². The maximum absolute atomic E-state index is 14.9. The number of ether oxygens (including phenoxy) is 2. The van der Waals surface area contributed by atoms with E-state index < -0.39 is 48.4 Å². The lowest BCUT2D eigenvalue weighted by Gasteiger charge is -2.34. The van der Waals surface area contributed by atoms with Gasteiger partial charge < -0.3 is 37.8 Å². The van der Waals surface area contributed by atoms with E-state index in [9.17, 15) is 19.3 Å². The second-order valence-electron chi connectivity index (χ2n) is 22.5. The fraction of sp³-hybridized carbons (Fsp3) is 0.654. The van der Waals surface area contributed by atoms with Crippen LogP contribution in [0.5, 0.6) is 23.0 Å². The van der Waals surface area contributed by atoms with Crippen molar-refractivity contribution in [2.45, 2.75) is 196 Å². The molecule has 14 heteroatoms. The van der Waals surface area contributed by atoms with E-state index in [0.717, 1.165) is 22.3 Å². The van der Waals surface area contributed by atoms with Gasteiger partial charge in [0, 0.05) is 19.2 Å². The van der Waals surface area contributed by atoms with E-state index in [-0.39, 0.29) is 62.2 Å².